The van der Waals surface area contributed by atoms with Gasteiger partial charge in [0.25, 0.3) is 0 Å². The highest BCUT2D eigenvalue weighted by molar-refractivity contribution is 5.92. The van der Waals surface area contributed by atoms with Gasteiger partial charge in [-0.25, -0.2) is 9.59 Å². The number of amides is 2. The van der Waals surface area contributed by atoms with Crippen molar-refractivity contribution in [3.8, 4) is 11.1 Å². The molecule has 3 rings (SSSR count). The summed E-state index contributed by atoms with van der Waals surface area (Å²) < 4.78 is 4.85. The SMILES string of the molecule is CCc1cccc(C[C@H](NC(=O)Nc2ccc(-c3ccccc3)cc2)C(=O)OC)n1. The molecule has 0 saturated heterocycles. The third-order valence-corrected chi connectivity index (χ3v) is 4.68. The maximum absolute atomic E-state index is 12.5. The fraction of sp³-hybridized carbons (Fsp3) is 0.208. The number of aromatic nitrogens is 1. The summed E-state index contributed by atoms with van der Waals surface area (Å²) in [7, 11) is 1.30. The van der Waals surface area contributed by atoms with Crippen molar-refractivity contribution in [1.29, 1.82) is 0 Å². The minimum absolute atomic E-state index is 0.251. The van der Waals surface area contributed by atoms with Gasteiger partial charge in [-0.1, -0.05) is 55.5 Å². The van der Waals surface area contributed by atoms with Crippen molar-refractivity contribution in [3.63, 3.8) is 0 Å². The minimum atomic E-state index is -0.835. The van der Waals surface area contributed by atoms with Crippen LogP contribution in [0.5, 0.6) is 0 Å². The van der Waals surface area contributed by atoms with Crippen LogP contribution in [0.2, 0.25) is 0 Å². The molecule has 1 aromatic heterocycles. The maximum Gasteiger partial charge on any atom is 0.328 e. The van der Waals surface area contributed by atoms with Gasteiger partial charge in [-0.3, -0.25) is 4.98 Å². The number of carbonyl (C=O) groups excluding carboxylic acids is 2. The van der Waals surface area contributed by atoms with Gasteiger partial charge in [0, 0.05) is 23.5 Å². The number of urea groups is 1. The van der Waals surface area contributed by atoms with Crippen LogP contribution in [0.1, 0.15) is 18.3 Å². The number of aryl methyl sites for hydroxylation is 1. The van der Waals surface area contributed by atoms with Gasteiger partial charge in [-0.15, -0.1) is 0 Å². The van der Waals surface area contributed by atoms with E-state index in [2.05, 4.69) is 15.6 Å². The van der Waals surface area contributed by atoms with Crippen LogP contribution in [0.25, 0.3) is 11.1 Å². The van der Waals surface area contributed by atoms with E-state index in [-0.39, 0.29) is 6.42 Å². The lowest BCUT2D eigenvalue weighted by Gasteiger charge is -2.17. The highest BCUT2D eigenvalue weighted by Gasteiger charge is 2.22. The molecule has 2 amide bonds. The van der Waals surface area contributed by atoms with E-state index in [0.29, 0.717) is 5.69 Å². The Balaban J connectivity index is 1.64. The molecule has 0 saturated carbocycles. The standard InChI is InChI=1S/C24H25N3O3/c1-3-19-10-7-11-21(25-19)16-22(23(28)30-2)27-24(29)26-20-14-12-18(13-15-20)17-8-5-4-6-9-17/h4-15,22H,3,16H2,1-2H3,(H2,26,27,29)/t22-/m0/s1. The summed E-state index contributed by atoms with van der Waals surface area (Å²) in [5.74, 6) is -0.520. The number of hydrogen-bond donors (Lipinski definition) is 2. The molecule has 0 unspecified atom stereocenters. The zero-order chi connectivity index (χ0) is 21.3. The summed E-state index contributed by atoms with van der Waals surface area (Å²) in [5, 5.41) is 5.44. The molecule has 0 radical (unpaired) electrons. The average Bonchev–Trinajstić information content (AvgIpc) is 2.79. The van der Waals surface area contributed by atoms with Crippen molar-refractivity contribution in [2.45, 2.75) is 25.8 Å². The highest BCUT2D eigenvalue weighted by Crippen LogP contribution is 2.21. The first kappa shape index (κ1) is 21.0. The Morgan fingerprint density at radius 3 is 2.23 bits per heavy atom. The van der Waals surface area contributed by atoms with E-state index < -0.39 is 18.0 Å². The Bertz CT molecular complexity index is 988. The highest BCUT2D eigenvalue weighted by atomic mass is 16.5. The van der Waals surface area contributed by atoms with E-state index in [4.69, 9.17) is 4.74 Å². The monoisotopic (exact) mass is 403 g/mol. The Morgan fingerprint density at radius 2 is 1.57 bits per heavy atom. The molecule has 1 heterocycles. The molecule has 0 aliphatic rings. The van der Waals surface area contributed by atoms with Gasteiger partial charge < -0.3 is 15.4 Å². The first-order chi connectivity index (χ1) is 14.6. The number of carbonyl (C=O) groups is 2. The first-order valence-corrected chi connectivity index (χ1v) is 9.84. The zero-order valence-corrected chi connectivity index (χ0v) is 17.1. The molecule has 30 heavy (non-hydrogen) atoms. The summed E-state index contributed by atoms with van der Waals surface area (Å²) in [5.41, 5.74) is 4.43. The molecule has 3 aromatic rings. The molecular formula is C24H25N3O3. The molecule has 0 bridgehead atoms. The van der Waals surface area contributed by atoms with Gasteiger partial charge in [0.1, 0.15) is 6.04 Å². The third-order valence-electron chi connectivity index (χ3n) is 4.68. The molecule has 0 aliphatic carbocycles. The van der Waals surface area contributed by atoms with Crippen LogP contribution in [-0.2, 0) is 22.4 Å². The van der Waals surface area contributed by atoms with Gasteiger partial charge in [0.05, 0.1) is 7.11 Å². The Hall–Kier alpha value is -3.67. The molecular weight excluding hydrogens is 378 g/mol. The van der Waals surface area contributed by atoms with Crippen LogP contribution in [0.3, 0.4) is 0 Å². The van der Waals surface area contributed by atoms with Gasteiger partial charge in [-0.05, 0) is 41.8 Å². The number of ether oxygens (including phenoxy) is 1. The zero-order valence-electron chi connectivity index (χ0n) is 17.1. The molecule has 6 nitrogen and oxygen atoms in total. The molecule has 0 aliphatic heterocycles. The number of nitrogens with zero attached hydrogens (tertiary/aromatic N) is 1. The van der Waals surface area contributed by atoms with Crippen molar-refractivity contribution >= 4 is 17.7 Å². The van der Waals surface area contributed by atoms with Crippen molar-refractivity contribution in [1.82, 2.24) is 10.3 Å². The summed E-state index contributed by atoms with van der Waals surface area (Å²) >= 11 is 0. The molecule has 2 aromatic carbocycles. The molecule has 1 atom stereocenters. The van der Waals surface area contributed by atoms with Gasteiger partial charge in [0.15, 0.2) is 0 Å². The lowest BCUT2D eigenvalue weighted by atomic mass is 10.1. The second kappa shape index (κ2) is 10.2. The number of pyridine rings is 1. The number of methoxy groups -OCH3 is 1. The lowest BCUT2D eigenvalue weighted by Crippen LogP contribution is -2.45. The predicted molar refractivity (Wildman–Crippen MR) is 117 cm³/mol. The van der Waals surface area contributed by atoms with E-state index in [1.165, 1.54) is 7.11 Å². The number of esters is 1. The minimum Gasteiger partial charge on any atom is -0.467 e. The van der Waals surface area contributed by atoms with Crippen molar-refractivity contribution in [3.05, 3.63) is 84.2 Å². The van der Waals surface area contributed by atoms with Crippen LogP contribution in [0.15, 0.2) is 72.8 Å². The summed E-state index contributed by atoms with van der Waals surface area (Å²) in [6.07, 6.45) is 1.05. The Kier molecular flexibility index (Phi) is 7.16. The smallest absolute Gasteiger partial charge is 0.328 e. The summed E-state index contributed by atoms with van der Waals surface area (Å²) in [4.78, 5) is 29.1. The number of nitrogens with one attached hydrogen (secondary N) is 2. The van der Waals surface area contributed by atoms with Crippen LogP contribution in [0.4, 0.5) is 10.5 Å². The average molecular weight is 403 g/mol. The number of anilines is 1. The second-order valence-electron chi connectivity index (χ2n) is 6.80. The molecule has 0 spiro atoms. The molecule has 6 heteroatoms. The predicted octanol–water partition coefficient (Wildman–Crippen LogP) is 4.22. The van der Waals surface area contributed by atoms with Crippen LogP contribution < -0.4 is 10.6 Å². The first-order valence-electron chi connectivity index (χ1n) is 9.84. The van der Waals surface area contributed by atoms with Gasteiger partial charge >= 0.3 is 12.0 Å². The summed E-state index contributed by atoms with van der Waals surface area (Å²) in [6.45, 7) is 2.01. The Morgan fingerprint density at radius 1 is 0.900 bits per heavy atom. The topological polar surface area (TPSA) is 80.3 Å². The van der Waals surface area contributed by atoms with Crippen LogP contribution in [0, 0.1) is 0 Å². The van der Waals surface area contributed by atoms with Crippen molar-refractivity contribution in [2.75, 3.05) is 12.4 Å². The van der Waals surface area contributed by atoms with E-state index in [1.54, 1.807) is 0 Å². The molecule has 2 N–H and O–H groups in total. The van der Waals surface area contributed by atoms with Crippen LogP contribution in [-0.4, -0.2) is 30.1 Å². The second-order valence-corrected chi connectivity index (χ2v) is 6.80. The number of hydrogen-bond acceptors (Lipinski definition) is 4. The number of benzene rings is 2. The Labute approximate surface area is 176 Å². The van der Waals surface area contributed by atoms with Crippen LogP contribution >= 0.6 is 0 Å². The normalized spacial score (nSPS) is 11.4. The van der Waals surface area contributed by atoms with Crippen molar-refractivity contribution < 1.29 is 14.3 Å². The number of rotatable bonds is 7. The van der Waals surface area contributed by atoms with E-state index >= 15 is 0 Å². The molecule has 154 valence electrons. The third kappa shape index (κ3) is 5.67. The fourth-order valence-corrected chi connectivity index (χ4v) is 3.09. The van der Waals surface area contributed by atoms with Crippen molar-refractivity contribution in [2.24, 2.45) is 0 Å². The van der Waals surface area contributed by atoms with Gasteiger partial charge in [0.2, 0.25) is 0 Å². The lowest BCUT2D eigenvalue weighted by molar-refractivity contribution is -0.142. The summed E-state index contributed by atoms with van der Waals surface area (Å²) in [6, 6.07) is 21.8. The molecule has 0 fully saturated rings. The van der Waals surface area contributed by atoms with E-state index in [1.807, 2.05) is 79.7 Å². The van der Waals surface area contributed by atoms with E-state index in [0.717, 1.165) is 28.9 Å². The van der Waals surface area contributed by atoms with Gasteiger partial charge in [-0.2, -0.15) is 0 Å². The van der Waals surface area contributed by atoms with E-state index in [9.17, 15) is 9.59 Å². The largest absolute Gasteiger partial charge is 0.467 e. The maximum atomic E-state index is 12.5. The fourth-order valence-electron chi connectivity index (χ4n) is 3.09. The quantitative estimate of drug-likeness (QED) is 0.579.